The van der Waals surface area contributed by atoms with Crippen LogP contribution in [0, 0.1) is 13.8 Å². The minimum atomic E-state index is -3.07. The van der Waals surface area contributed by atoms with Crippen LogP contribution < -0.4 is 4.90 Å². The SMILES string of the molecule is Cc1cc(C)cc(N2C(=NC(=O)Cc3ccccc3)S[C@H]3CS(=O)(=O)C[C@@H]32)c1. The van der Waals surface area contributed by atoms with E-state index in [9.17, 15) is 13.2 Å². The summed E-state index contributed by atoms with van der Waals surface area (Å²) in [6, 6.07) is 15.5. The van der Waals surface area contributed by atoms with Gasteiger partial charge in [0.15, 0.2) is 15.0 Å². The normalized spacial score (nSPS) is 24.5. The number of amides is 1. The van der Waals surface area contributed by atoms with Gasteiger partial charge in [-0.25, -0.2) is 8.42 Å². The lowest BCUT2D eigenvalue weighted by Crippen LogP contribution is -2.37. The Balaban J connectivity index is 1.68. The van der Waals surface area contributed by atoms with Crippen LogP contribution in [-0.4, -0.2) is 42.3 Å². The predicted molar refractivity (Wildman–Crippen MR) is 115 cm³/mol. The zero-order valence-electron chi connectivity index (χ0n) is 15.8. The molecule has 2 heterocycles. The number of sulfone groups is 1. The molecule has 0 unspecified atom stereocenters. The van der Waals surface area contributed by atoms with Crippen molar-refractivity contribution in [3.05, 3.63) is 65.2 Å². The van der Waals surface area contributed by atoms with E-state index < -0.39 is 9.84 Å². The van der Waals surface area contributed by atoms with Crippen LogP contribution in [0.1, 0.15) is 16.7 Å². The van der Waals surface area contributed by atoms with Gasteiger partial charge in [0.25, 0.3) is 5.91 Å². The number of fused-ring (bicyclic) bond motifs is 1. The smallest absolute Gasteiger partial charge is 0.252 e. The highest BCUT2D eigenvalue weighted by atomic mass is 32.2. The average molecular weight is 415 g/mol. The van der Waals surface area contributed by atoms with Crippen LogP contribution in [0.3, 0.4) is 0 Å². The number of anilines is 1. The highest BCUT2D eigenvalue weighted by Crippen LogP contribution is 2.41. The lowest BCUT2D eigenvalue weighted by atomic mass is 10.1. The summed E-state index contributed by atoms with van der Waals surface area (Å²) in [4.78, 5) is 18.9. The fourth-order valence-corrected chi connectivity index (χ4v) is 7.80. The van der Waals surface area contributed by atoms with Gasteiger partial charge in [0.05, 0.1) is 24.0 Å². The number of hydrogen-bond donors (Lipinski definition) is 0. The Morgan fingerprint density at radius 1 is 1.11 bits per heavy atom. The van der Waals surface area contributed by atoms with Gasteiger partial charge in [-0.3, -0.25) is 4.79 Å². The second kappa shape index (κ2) is 7.37. The van der Waals surface area contributed by atoms with E-state index in [1.807, 2.05) is 61.2 Å². The van der Waals surface area contributed by atoms with Crippen molar-refractivity contribution in [3.63, 3.8) is 0 Å². The molecule has 2 aliphatic heterocycles. The zero-order chi connectivity index (χ0) is 19.9. The van der Waals surface area contributed by atoms with E-state index in [4.69, 9.17) is 0 Å². The minimum Gasteiger partial charge on any atom is -0.316 e. The molecule has 0 bridgehead atoms. The molecule has 2 aromatic carbocycles. The minimum absolute atomic E-state index is 0.0888. The number of rotatable bonds is 3. The van der Waals surface area contributed by atoms with Gasteiger partial charge in [0.1, 0.15) is 0 Å². The molecule has 2 atom stereocenters. The fourth-order valence-electron chi connectivity index (χ4n) is 3.87. The summed E-state index contributed by atoms with van der Waals surface area (Å²) in [5.74, 6) is 0.0184. The number of benzene rings is 2. The number of thioether (sulfide) groups is 1. The van der Waals surface area contributed by atoms with Crippen LogP contribution in [0.25, 0.3) is 0 Å². The molecule has 0 saturated carbocycles. The average Bonchev–Trinajstić information content (AvgIpc) is 3.05. The topological polar surface area (TPSA) is 66.8 Å². The molecule has 28 heavy (non-hydrogen) atoms. The van der Waals surface area contributed by atoms with Crippen molar-refractivity contribution >= 4 is 38.4 Å². The number of nitrogens with zero attached hydrogens (tertiary/aromatic N) is 2. The molecule has 0 aliphatic carbocycles. The van der Waals surface area contributed by atoms with Crippen molar-refractivity contribution in [1.29, 1.82) is 0 Å². The molecule has 5 nitrogen and oxygen atoms in total. The second-order valence-electron chi connectivity index (χ2n) is 7.47. The predicted octanol–water partition coefficient (Wildman–Crippen LogP) is 3.15. The maximum atomic E-state index is 12.6. The molecule has 4 rings (SSSR count). The molecule has 2 aromatic rings. The van der Waals surface area contributed by atoms with Crippen molar-refractivity contribution in [2.45, 2.75) is 31.6 Å². The van der Waals surface area contributed by atoms with Crippen molar-refractivity contribution in [2.75, 3.05) is 16.4 Å². The molecular formula is C21H22N2O3S2. The summed E-state index contributed by atoms with van der Waals surface area (Å²) in [6.45, 7) is 4.03. The van der Waals surface area contributed by atoms with Crippen molar-refractivity contribution in [3.8, 4) is 0 Å². The zero-order valence-corrected chi connectivity index (χ0v) is 17.5. The molecule has 2 aliphatic rings. The summed E-state index contributed by atoms with van der Waals surface area (Å²) in [5, 5.41) is 0.518. The van der Waals surface area contributed by atoms with Gasteiger partial charge in [0, 0.05) is 10.9 Å². The molecule has 0 spiro atoms. The van der Waals surface area contributed by atoms with Crippen molar-refractivity contribution in [1.82, 2.24) is 0 Å². The van der Waals surface area contributed by atoms with Crippen LogP contribution >= 0.6 is 11.8 Å². The Hall–Kier alpha value is -2.12. The first-order valence-corrected chi connectivity index (χ1v) is 11.9. The summed E-state index contributed by atoms with van der Waals surface area (Å²) in [6.07, 6.45) is 0.235. The van der Waals surface area contributed by atoms with Gasteiger partial charge in [-0.2, -0.15) is 4.99 Å². The molecule has 1 amide bonds. The van der Waals surface area contributed by atoms with Crippen LogP contribution in [0.5, 0.6) is 0 Å². The van der Waals surface area contributed by atoms with E-state index in [-0.39, 0.29) is 35.1 Å². The lowest BCUT2D eigenvalue weighted by Gasteiger charge is -2.25. The van der Waals surface area contributed by atoms with Crippen molar-refractivity contribution < 1.29 is 13.2 Å². The number of hydrogen-bond acceptors (Lipinski definition) is 4. The first kappa shape index (κ1) is 19.2. The van der Waals surface area contributed by atoms with Crippen LogP contribution in [0.2, 0.25) is 0 Å². The molecule has 0 N–H and O–H groups in total. The van der Waals surface area contributed by atoms with Gasteiger partial charge in [-0.1, -0.05) is 48.2 Å². The molecular weight excluding hydrogens is 392 g/mol. The summed E-state index contributed by atoms with van der Waals surface area (Å²) < 4.78 is 24.4. The lowest BCUT2D eigenvalue weighted by molar-refractivity contribution is -0.117. The summed E-state index contributed by atoms with van der Waals surface area (Å²) in [7, 11) is -3.07. The number of amidine groups is 1. The number of carbonyl (C=O) groups is 1. The molecule has 146 valence electrons. The van der Waals surface area contributed by atoms with Crippen molar-refractivity contribution in [2.24, 2.45) is 4.99 Å². The third-order valence-electron chi connectivity index (χ3n) is 4.97. The van der Waals surface area contributed by atoms with E-state index in [1.165, 1.54) is 11.8 Å². The van der Waals surface area contributed by atoms with Crippen LogP contribution in [0.15, 0.2) is 53.5 Å². The van der Waals surface area contributed by atoms with Gasteiger partial charge < -0.3 is 4.90 Å². The van der Waals surface area contributed by atoms with Gasteiger partial charge in [0.2, 0.25) is 0 Å². The fraction of sp³-hybridized carbons (Fsp3) is 0.333. The van der Waals surface area contributed by atoms with E-state index >= 15 is 0 Å². The Kier molecular flexibility index (Phi) is 5.05. The molecule has 7 heteroatoms. The van der Waals surface area contributed by atoms with Gasteiger partial charge in [-0.15, -0.1) is 0 Å². The molecule has 0 radical (unpaired) electrons. The largest absolute Gasteiger partial charge is 0.316 e. The Morgan fingerprint density at radius 3 is 2.46 bits per heavy atom. The molecule has 0 aromatic heterocycles. The third kappa shape index (κ3) is 4.00. The quantitative estimate of drug-likeness (QED) is 0.772. The van der Waals surface area contributed by atoms with Crippen LogP contribution in [0.4, 0.5) is 5.69 Å². The Labute approximate surface area is 169 Å². The highest BCUT2D eigenvalue weighted by molar-refractivity contribution is 8.16. The monoisotopic (exact) mass is 414 g/mol. The van der Waals surface area contributed by atoms with Gasteiger partial charge >= 0.3 is 0 Å². The summed E-state index contributed by atoms with van der Waals surface area (Å²) in [5.41, 5.74) is 4.01. The van der Waals surface area contributed by atoms with E-state index in [1.54, 1.807) is 0 Å². The molecule has 2 fully saturated rings. The van der Waals surface area contributed by atoms with Gasteiger partial charge in [-0.05, 0) is 42.7 Å². The van der Waals surface area contributed by atoms with Crippen LogP contribution in [-0.2, 0) is 21.1 Å². The van der Waals surface area contributed by atoms with E-state index in [0.717, 1.165) is 22.4 Å². The van der Waals surface area contributed by atoms with E-state index in [0.29, 0.717) is 5.17 Å². The third-order valence-corrected chi connectivity index (χ3v) is 8.18. The highest BCUT2D eigenvalue weighted by Gasteiger charge is 2.49. The Bertz CT molecular complexity index is 1030. The first-order chi connectivity index (χ1) is 13.3. The first-order valence-electron chi connectivity index (χ1n) is 9.21. The number of carbonyl (C=O) groups excluding carboxylic acids is 1. The standard InChI is InChI=1S/C21H22N2O3S2/c1-14-8-15(2)10-17(9-14)23-18-12-28(25,26)13-19(18)27-21(23)22-20(24)11-16-6-4-3-5-7-16/h3-10,18-19H,11-13H2,1-2H3/t18-,19-/m0/s1. The second-order valence-corrected chi connectivity index (χ2v) is 10.8. The molecule has 2 saturated heterocycles. The maximum absolute atomic E-state index is 12.6. The number of aryl methyl sites for hydroxylation is 2. The maximum Gasteiger partial charge on any atom is 0.252 e. The summed E-state index contributed by atoms with van der Waals surface area (Å²) >= 11 is 1.41. The Morgan fingerprint density at radius 2 is 1.79 bits per heavy atom. The van der Waals surface area contributed by atoms with E-state index in [2.05, 4.69) is 11.1 Å². The number of aliphatic imine (C=N–C) groups is 1.